The molecule has 4 heteroatoms. The van der Waals surface area contributed by atoms with Crippen LogP contribution in [0.4, 0.5) is 5.00 Å². The molecule has 0 atom stereocenters. The summed E-state index contributed by atoms with van der Waals surface area (Å²) in [6, 6.07) is 0. The number of esters is 1. The lowest BCUT2D eigenvalue weighted by atomic mass is 10.0. The molecular weight excluding hydrogens is 222 g/mol. The van der Waals surface area contributed by atoms with Gasteiger partial charge in [-0.2, -0.15) is 0 Å². The van der Waals surface area contributed by atoms with Crippen molar-refractivity contribution in [2.75, 3.05) is 5.73 Å². The van der Waals surface area contributed by atoms with Gasteiger partial charge in [-0.05, 0) is 37.6 Å². The maximum absolute atomic E-state index is 12.0. The van der Waals surface area contributed by atoms with Crippen LogP contribution in [-0.2, 0) is 4.74 Å². The van der Waals surface area contributed by atoms with E-state index in [0.717, 1.165) is 5.56 Å². The predicted octanol–water partition coefficient (Wildman–Crippen LogP) is 3.41. The average molecular weight is 241 g/mol. The number of nitrogen functional groups attached to an aromatic ring is 1. The first-order valence-electron chi connectivity index (χ1n) is 5.32. The van der Waals surface area contributed by atoms with Gasteiger partial charge in [-0.3, -0.25) is 0 Å². The van der Waals surface area contributed by atoms with Gasteiger partial charge in [0, 0.05) is 0 Å². The molecule has 90 valence electrons. The molecular formula is C12H19NO2S. The first kappa shape index (κ1) is 13.0. The van der Waals surface area contributed by atoms with Gasteiger partial charge in [-0.1, -0.05) is 13.8 Å². The Balaban J connectivity index is 3.03. The zero-order valence-corrected chi connectivity index (χ0v) is 11.3. The van der Waals surface area contributed by atoms with Crippen LogP contribution in [0.5, 0.6) is 0 Å². The Hall–Kier alpha value is -1.03. The van der Waals surface area contributed by atoms with E-state index in [9.17, 15) is 4.79 Å². The maximum atomic E-state index is 12.0. The summed E-state index contributed by atoms with van der Waals surface area (Å²) < 4.78 is 5.34. The molecule has 0 saturated carbocycles. The van der Waals surface area contributed by atoms with Crippen LogP contribution in [0.1, 0.15) is 56.5 Å². The summed E-state index contributed by atoms with van der Waals surface area (Å²) in [4.78, 5) is 12.0. The lowest BCUT2D eigenvalue weighted by Gasteiger charge is -2.20. The monoisotopic (exact) mass is 241 g/mol. The molecule has 0 aromatic carbocycles. The minimum atomic E-state index is -0.486. The Morgan fingerprint density at radius 1 is 1.44 bits per heavy atom. The third-order valence-electron chi connectivity index (χ3n) is 2.07. The van der Waals surface area contributed by atoms with Crippen molar-refractivity contribution in [3.8, 4) is 0 Å². The first-order valence-corrected chi connectivity index (χ1v) is 6.20. The lowest BCUT2D eigenvalue weighted by Crippen LogP contribution is -2.24. The number of thiophene rings is 1. The summed E-state index contributed by atoms with van der Waals surface area (Å²) in [5, 5.41) is 2.47. The van der Waals surface area contributed by atoms with Gasteiger partial charge < -0.3 is 10.5 Å². The number of ether oxygens (including phenoxy) is 1. The highest BCUT2D eigenvalue weighted by atomic mass is 32.1. The number of hydrogen-bond acceptors (Lipinski definition) is 4. The average Bonchev–Trinajstić information content (AvgIpc) is 2.43. The maximum Gasteiger partial charge on any atom is 0.341 e. The van der Waals surface area contributed by atoms with Crippen LogP contribution in [0, 0.1) is 0 Å². The quantitative estimate of drug-likeness (QED) is 0.807. The minimum Gasteiger partial charge on any atom is -0.456 e. The van der Waals surface area contributed by atoms with E-state index in [1.165, 1.54) is 11.3 Å². The van der Waals surface area contributed by atoms with Crippen LogP contribution in [0.3, 0.4) is 0 Å². The molecule has 0 unspecified atom stereocenters. The molecule has 1 aromatic rings. The van der Waals surface area contributed by atoms with Crippen molar-refractivity contribution in [1.82, 2.24) is 0 Å². The van der Waals surface area contributed by atoms with Gasteiger partial charge in [0.15, 0.2) is 0 Å². The Kier molecular flexibility index (Phi) is 3.63. The normalized spacial score (nSPS) is 11.9. The third-order valence-corrected chi connectivity index (χ3v) is 2.90. The minimum absolute atomic E-state index is 0.274. The summed E-state index contributed by atoms with van der Waals surface area (Å²) in [5.41, 5.74) is 6.84. The fourth-order valence-corrected chi connectivity index (χ4v) is 2.32. The SMILES string of the molecule is CC(C)c1csc(N)c1C(=O)OC(C)(C)C. The van der Waals surface area contributed by atoms with E-state index in [1.54, 1.807) is 0 Å². The highest BCUT2D eigenvalue weighted by Gasteiger charge is 2.24. The van der Waals surface area contributed by atoms with Gasteiger partial charge in [-0.15, -0.1) is 11.3 Å². The molecule has 0 amide bonds. The summed E-state index contributed by atoms with van der Waals surface area (Å²) in [7, 11) is 0. The van der Waals surface area contributed by atoms with Crippen LogP contribution in [-0.4, -0.2) is 11.6 Å². The first-order chi connectivity index (χ1) is 7.22. The number of anilines is 1. The van der Waals surface area contributed by atoms with Crippen LogP contribution in [0.25, 0.3) is 0 Å². The van der Waals surface area contributed by atoms with E-state index in [4.69, 9.17) is 10.5 Å². The van der Waals surface area contributed by atoms with E-state index in [0.29, 0.717) is 10.6 Å². The smallest absolute Gasteiger partial charge is 0.341 e. The number of rotatable bonds is 2. The van der Waals surface area contributed by atoms with E-state index in [2.05, 4.69) is 0 Å². The van der Waals surface area contributed by atoms with Gasteiger partial charge in [0.2, 0.25) is 0 Å². The predicted molar refractivity (Wildman–Crippen MR) is 68.0 cm³/mol. The molecule has 2 N–H and O–H groups in total. The number of carbonyl (C=O) groups is 1. The van der Waals surface area contributed by atoms with Gasteiger partial charge >= 0.3 is 5.97 Å². The highest BCUT2D eigenvalue weighted by Crippen LogP contribution is 2.32. The molecule has 1 heterocycles. The lowest BCUT2D eigenvalue weighted by molar-refractivity contribution is 0.00698. The second kappa shape index (κ2) is 4.45. The molecule has 0 aliphatic carbocycles. The number of nitrogens with two attached hydrogens (primary N) is 1. The van der Waals surface area contributed by atoms with Gasteiger partial charge in [0.1, 0.15) is 10.6 Å². The van der Waals surface area contributed by atoms with Crippen molar-refractivity contribution in [1.29, 1.82) is 0 Å². The van der Waals surface area contributed by atoms with Crippen molar-refractivity contribution in [2.24, 2.45) is 0 Å². The molecule has 1 aromatic heterocycles. The molecule has 3 nitrogen and oxygen atoms in total. The molecule has 0 fully saturated rings. The highest BCUT2D eigenvalue weighted by molar-refractivity contribution is 7.14. The third kappa shape index (κ3) is 2.98. The Bertz CT molecular complexity index is 388. The topological polar surface area (TPSA) is 52.3 Å². The van der Waals surface area contributed by atoms with E-state index in [-0.39, 0.29) is 11.9 Å². The van der Waals surface area contributed by atoms with E-state index in [1.807, 2.05) is 40.0 Å². The largest absolute Gasteiger partial charge is 0.456 e. The van der Waals surface area contributed by atoms with E-state index < -0.39 is 5.60 Å². The molecule has 0 aliphatic rings. The second-order valence-corrected chi connectivity index (χ2v) is 6.00. The van der Waals surface area contributed by atoms with Crippen LogP contribution < -0.4 is 5.73 Å². The fourth-order valence-electron chi connectivity index (χ4n) is 1.36. The molecule has 0 saturated heterocycles. The summed E-state index contributed by atoms with van der Waals surface area (Å²) >= 11 is 1.39. The Morgan fingerprint density at radius 3 is 2.44 bits per heavy atom. The molecule has 0 radical (unpaired) electrons. The van der Waals surface area contributed by atoms with Crippen molar-refractivity contribution >= 4 is 22.3 Å². The van der Waals surface area contributed by atoms with Crippen molar-refractivity contribution < 1.29 is 9.53 Å². The number of hydrogen-bond donors (Lipinski definition) is 1. The second-order valence-electron chi connectivity index (χ2n) is 5.09. The summed E-state index contributed by atoms with van der Waals surface area (Å²) in [6.07, 6.45) is 0. The van der Waals surface area contributed by atoms with E-state index >= 15 is 0 Å². The molecule has 16 heavy (non-hydrogen) atoms. The van der Waals surface area contributed by atoms with Crippen molar-refractivity contribution in [3.05, 3.63) is 16.5 Å². The van der Waals surface area contributed by atoms with Gasteiger partial charge in [0.25, 0.3) is 0 Å². The molecule has 0 spiro atoms. The molecule has 1 rings (SSSR count). The zero-order chi connectivity index (χ0) is 12.5. The van der Waals surface area contributed by atoms with Crippen LogP contribution >= 0.6 is 11.3 Å². The van der Waals surface area contributed by atoms with Gasteiger partial charge in [-0.25, -0.2) is 4.79 Å². The zero-order valence-electron chi connectivity index (χ0n) is 10.5. The van der Waals surface area contributed by atoms with Crippen molar-refractivity contribution in [2.45, 2.75) is 46.1 Å². The Morgan fingerprint density at radius 2 is 2.00 bits per heavy atom. The number of carbonyl (C=O) groups excluding carboxylic acids is 1. The fraction of sp³-hybridized carbons (Fsp3) is 0.583. The molecule has 0 aliphatic heterocycles. The van der Waals surface area contributed by atoms with Crippen LogP contribution in [0.2, 0.25) is 0 Å². The standard InChI is InChI=1S/C12H19NO2S/c1-7(2)8-6-16-10(13)9(8)11(14)15-12(3,4)5/h6-7H,13H2,1-5H3. The van der Waals surface area contributed by atoms with Crippen molar-refractivity contribution in [3.63, 3.8) is 0 Å². The Labute approximate surface area is 101 Å². The van der Waals surface area contributed by atoms with Gasteiger partial charge in [0.05, 0.1) is 5.56 Å². The summed E-state index contributed by atoms with van der Waals surface area (Å²) in [6.45, 7) is 9.62. The molecule has 0 bridgehead atoms. The van der Waals surface area contributed by atoms with Crippen LogP contribution in [0.15, 0.2) is 5.38 Å². The summed E-state index contributed by atoms with van der Waals surface area (Å²) in [5.74, 6) is -0.0500.